The standard InChI is InChI=1S/C12H14N6/c1-18-6-5-11(17-18)10-4-2-3-9(7-10)8-15-16-12(13)14/h2-8H,1H3,(H4,13,14,16). The van der Waals surface area contributed by atoms with Gasteiger partial charge in [-0.25, -0.2) is 0 Å². The number of nitrogens with two attached hydrogens (primary N) is 2. The van der Waals surface area contributed by atoms with Crippen LogP contribution in [0.3, 0.4) is 0 Å². The molecule has 0 fully saturated rings. The maximum Gasteiger partial charge on any atom is 0.211 e. The molecule has 0 unspecified atom stereocenters. The molecule has 2 aromatic rings. The minimum atomic E-state index is -0.0628. The van der Waals surface area contributed by atoms with Gasteiger partial charge in [-0.1, -0.05) is 18.2 Å². The highest BCUT2D eigenvalue weighted by molar-refractivity contribution is 5.83. The van der Waals surface area contributed by atoms with Crippen molar-refractivity contribution in [2.45, 2.75) is 0 Å². The molecule has 4 N–H and O–H groups in total. The van der Waals surface area contributed by atoms with Crippen LogP contribution in [0.4, 0.5) is 0 Å². The predicted octanol–water partition coefficient (Wildman–Crippen LogP) is 0.694. The summed E-state index contributed by atoms with van der Waals surface area (Å²) in [7, 11) is 1.88. The number of benzene rings is 1. The molecule has 6 heteroatoms. The topological polar surface area (TPSA) is 94.6 Å². The van der Waals surface area contributed by atoms with Crippen LogP contribution in [0.5, 0.6) is 0 Å². The maximum absolute atomic E-state index is 5.18. The van der Waals surface area contributed by atoms with Crippen molar-refractivity contribution in [3.63, 3.8) is 0 Å². The van der Waals surface area contributed by atoms with E-state index < -0.39 is 0 Å². The second-order valence-electron chi connectivity index (χ2n) is 3.77. The minimum Gasteiger partial charge on any atom is -0.369 e. The highest BCUT2D eigenvalue weighted by Crippen LogP contribution is 2.17. The molecule has 18 heavy (non-hydrogen) atoms. The number of aryl methyl sites for hydroxylation is 1. The van der Waals surface area contributed by atoms with Crippen molar-refractivity contribution in [3.05, 3.63) is 42.1 Å². The zero-order valence-electron chi connectivity index (χ0n) is 9.99. The summed E-state index contributed by atoms with van der Waals surface area (Å²) >= 11 is 0. The lowest BCUT2D eigenvalue weighted by Crippen LogP contribution is -2.21. The van der Waals surface area contributed by atoms with Gasteiger partial charge < -0.3 is 11.5 Å². The molecule has 0 spiro atoms. The van der Waals surface area contributed by atoms with Gasteiger partial charge in [0.25, 0.3) is 0 Å². The molecular weight excluding hydrogens is 228 g/mol. The van der Waals surface area contributed by atoms with E-state index in [1.54, 1.807) is 10.9 Å². The fourth-order valence-corrected chi connectivity index (χ4v) is 1.51. The van der Waals surface area contributed by atoms with E-state index in [2.05, 4.69) is 15.3 Å². The summed E-state index contributed by atoms with van der Waals surface area (Å²) in [6, 6.07) is 9.75. The average Bonchev–Trinajstić information content (AvgIpc) is 2.76. The first-order valence-corrected chi connectivity index (χ1v) is 5.37. The Morgan fingerprint density at radius 2 is 2.17 bits per heavy atom. The van der Waals surface area contributed by atoms with Gasteiger partial charge in [0.15, 0.2) is 0 Å². The van der Waals surface area contributed by atoms with Crippen molar-refractivity contribution in [1.82, 2.24) is 9.78 Å². The summed E-state index contributed by atoms with van der Waals surface area (Å²) in [4.78, 5) is 0. The van der Waals surface area contributed by atoms with Gasteiger partial charge in [-0.15, -0.1) is 5.10 Å². The molecule has 0 aliphatic carbocycles. The van der Waals surface area contributed by atoms with E-state index in [1.807, 2.05) is 43.6 Å². The van der Waals surface area contributed by atoms with Crippen LogP contribution in [0, 0.1) is 0 Å². The summed E-state index contributed by atoms with van der Waals surface area (Å²) in [6.07, 6.45) is 3.49. The number of hydrogen-bond acceptors (Lipinski definition) is 3. The lowest BCUT2D eigenvalue weighted by atomic mass is 10.1. The van der Waals surface area contributed by atoms with Crippen LogP contribution < -0.4 is 11.5 Å². The second-order valence-corrected chi connectivity index (χ2v) is 3.77. The quantitative estimate of drug-likeness (QED) is 0.471. The third kappa shape index (κ3) is 2.94. The fourth-order valence-electron chi connectivity index (χ4n) is 1.51. The van der Waals surface area contributed by atoms with Crippen LogP contribution in [-0.4, -0.2) is 22.0 Å². The average molecular weight is 242 g/mol. The first-order valence-electron chi connectivity index (χ1n) is 5.37. The van der Waals surface area contributed by atoms with E-state index in [4.69, 9.17) is 11.5 Å². The van der Waals surface area contributed by atoms with Crippen molar-refractivity contribution in [2.75, 3.05) is 0 Å². The molecule has 0 atom stereocenters. The van der Waals surface area contributed by atoms with Crippen LogP contribution in [-0.2, 0) is 7.05 Å². The minimum absolute atomic E-state index is 0.0628. The third-order valence-corrected chi connectivity index (χ3v) is 2.28. The van der Waals surface area contributed by atoms with Gasteiger partial charge in [0, 0.05) is 18.8 Å². The zero-order valence-corrected chi connectivity index (χ0v) is 9.99. The van der Waals surface area contributed by atoms with Crippen LogP contribution in [0.15, 0.2) is 46.7 Å². The van der Waals surface area contributed by atoms with Crippen molar-refractivity contribution >= 4 is 12.2 Å². The molecule has 0 aliphatic heterocycles. The second kappa shape index (κ2) is 5.13. The van der Waals surface area contributed by atoms with Gasteiger partial charge in [-0.05, 0) is 17.7 Å². The van der Waals surface area contributed by atoms with E-state index in [0.717, 1.165) is 16.8 Å². The van der Waals surface area contributed by atoms with Gasteiger partial charge in [0.2, 0.25) is 5.96 Å². The predicted molar refractivity (Wildman–Crippen MR) is 72.0 cm³/mol. The summed E-state index contributed by atoms with van der Waals surface area (Å²) in [6.45, 7) is 0. The molecule has 2 rings (SSSR count). The van der Waals surface area contributed by atoms with Gasteiger partial charge in [-0.2, -0.15) is 10.2 Å². The Hall–Kier alpha value is -2.63. The molecule has 1 aromatic heterocycles. The lowest BCUT2D eigenvalue weighted by Gasteiger charge is -1.98. The normalized spacial score (nSPS) is 10.7. The van der Waals surface area contributed by atoms with Gasteiger partial charge >= 0.3 is 0 Å². The van der Waals surface area contributed by atoms with E-state index in [1.165, 1.54) is 0 Å². The lowest BCUT2D eigenvalue weighted by molar-refractivity contribution is 0.771. The number of guanidine groups is 1. The number of hydrogen-bond donors (Lipinski definition) is 2. The first kappa shape index (κ1) is 11.8. The van der Waals surface area contributed by atoms with Crippen LogP contribution in [0.1, 0.15) is 5.56 Å². The monoisotopic (exact) mass is 242 g/mol. The maximum atomic E-state index is 5.18. The zero-order chi connectivity index (χ0) is 13.0. The number of nitrogens with zero attached hydrogens (tertiary/aromatic N) is 4. The molecule has 1 heterocycles. The van der Waals surface area contributed by atoms with Crippen molar-refractivity contribution < 1.29 is 0 Å². The Morgan fingerprint density at radius 3 is 2.83 bits per heavy atom. The molecule has 0 amide bonds. The molecule has 6 nitrogen and oxygen atoms in total. The molecule has 0 bridgehead atoms. The largest absolute Gasteiger partial charge is 0.369 e. The fraction of sp³-hybridized carbons (Fsp3) is 0.0833. The Kier molecular flexibility index (Phi) is 3.38. The van der Waals surface area contributed by atoms with Crippen molar-refractivity contribution in [1.29, 1.82) is 0 Å². The SMILES string of the molecule is Cn1ccc(-c2cccc(C=NN=C(N)N)c2)n1. The summed E-state index contributed by atoms with van der Waals surface area (Å²) in [5.74, 6) is -0.0628. The smallest absolute Gasteiger partial charge is 0.211 e. The highest BCUT2D eigenvalue weighted by Gasteiger charge is 2.00. The Balaban J connectivity index is 2.25. The van der Waals surface area contributed by atoms with E-state index in [0.29, 0.717) is 0 Å². The Bertz CT molecular complexity index is 592. The molecule has 0 radical (unpaired) electrons. The van der Waals surface area contributed by atoms with Gasteiger partial charge in [0.05, 0.1) is 11.9 Å². The first-order chi connectivity index (χ1) is 8.65. The number of aromatic nitrogens is 2. The molecular formula is C12H14N6. The van der Waals surface area contributed by atoms with E-state index in [-0.39, 0.29) is 5.96 Å². The summed E-state index contributed by atoms with van der Waals surface area (Å²) in [5, 5.41) is 11.7. The summed E-state index contributed by atoms with van der Waals surface area (Å²) in [5.41, 5.74) is 13.2. The Labute approximate surface area is 105 Å². The molecule has 0 saturated carbocycles. The van der Waals surface area contributed by atoms with Crippen molar-refractivity contribution in [3.8, 4) is 11.3 Å². The highest BCUT2D eigenvalue weighted by atomic mass is 15.3. The van der Waals surface area contributed by atoms with Crippen LogP contribution in [0.2, 0.25) is 0 Å². The molecule has 92 valence electrons. The summed E-state index contributed by atoms with van der Waals surface area (Å²) < 4.78 is 1.76. The van der Waals surface area contributed by atoms with Crippen LogP contribution in [0.25, 0.3) is 11.3 Å². The molecule has 0 aliphatic rings. The molecule has 0 saturated heterocycles. The molecule has 1 aromatic carbocycles. The van der Waals surface area contributed by atoms with Crippen LogP contribution >= 0.6 is 0 Å². The van der Waals surface area contributed by atoms with Crippen molar-refractivity contribution in [2.24, 2.45) is 28.7 Å². The third-order valence-electron chi connectivity index (χ3n) is 2.28. The van der Waals surface area contributed by atoms with E-state index >= 15 is 0 Å². The Morgan fingerprint density at radius 1 is 1.33 bits per heavy atom. The van der Waals surface area contributed by atoms with Gasteiger partial charge in [-0.3, -0.25) is 4.68 Å². The van der Waals surface area contributed by atoms with E-state index in [9.17, 15) is 0 Å². The van der Waals surface area contributed by atoms with Gasteiger partial charge in [0.1, 0.15) is 0 Å². The number of rotatable bonds is 3.